The molecular weight excluding hydrogens is 332 g/mol. The number of phenols is 1. The van der Waals surface area contributed by atoms with Crippen molar-refractivity contribution in [3.63, 3.8) is 0 Å². The summed E-state index contributed by atoms with van der Waals surface area (Å²) in [6.07, 6.45) is 12.5. The molecule has 0 spiro atoms. The van der Waals surface area contributed by atoms with E-state index in [2.05, 4.69) is 32.0 Å². The Hall–Kier alpha value is -1.96. The average Bonchev–Trinajstić information content (AvgIpc) is 2.67. The second-order valence-corrected chi connectivity index (χ2v) is 7.59. The molecule has 27 heavy (non-hydrogen) atoms. The van der Waals surface area contributed by atoms with Crippen LogP contribution in [0, 0.1) is 0 Å². The molecule has 1 unspecified atom stereocenters. The zero-order valence-electron chi connectivity index (χ0n) is 17.1. The fourth-order valence-electron chi connectivity index (χ4n) is 3.53. The number of ether oxygens (including phenoxy) is 1. The van der Waals surface area contributed by atoms with Crippen LogP contribution >= 0.6 is 0 Å². The normalized spacial score (nSPS) is 12.1. The molecule has 0 bridgehead atoms. The minimum Gasteiger partial charge on any atom is -0.508 e. The second-order valence-electron chi connectivity index (χ2n) is 7.59. The summed E-state index contributed by atoms with van der Waals surface area (Å²) < 4.78 is 6.22. The zero-order valence-corrected chi connectivity index (χ0v) is 17.1. The van der Waals surface area contributed by atoms with Gasteiger partial charge in [-0.1, -0.05) is 88.3 Å². The maximum atomic E-state index is 9.96. The molecule has 0 aliphatic heterocycles. The molecule has 1 N–H and O–H groups in total. The van der Waals surface area contributed by atoms with Gasteiger partial charge in [0.1, 0.15) is 17.6 Å². The van der Waals surface area contributed by atoms with Crippen molar-refractivity contribution in [1.82, 2.24) is 0 Å². The van der Waals surface area contributed by atoms with Gasteiger partial charge in [-0.3, -0.25) is 0 Å². The lowest BCUT2D eigenvalue weighted by Crippen LogP contribution is -2.16. The summed E-state index contributed by atoms with van der Waals surface area (Å²) in [4.78, 5) is 0. The molecule has 0 amide bonds. The van der Waals surface area contributed by atoms with Gasteiger partial charge in [0.25, 0.3) is 0 Å². The van der Waals surface area contributed by atoms with Crippen LogP contribution in [0.1, 0.15) is 76.3 Å². The van der Waals surface area contributed by atoms with E-state index < -0.39 is 0 Å². The van der Waals surface area contributed by atoms with Gasteiger partial charge >= 0.3 is 0 Å². The number of rotatable bonds is 13. The van der Waals surface area contributed by atoms with Crippen LogP contribution in [0.25, 0.3) is 0 Å². The lowest BCUT2D eigenvalue weighted by atomic mass is 10.0. The monoisotopic (exact) mass is 368 g/mol. The van der Waals surface area contributed by atoms with Crippen molar-refractivity contribution in [3.8, 4) is 11.5 Å². The van der Waals surface area contributed by atoms with E-state index in [1.807, 2.05) is 24.3 Å². The molecule has 1 atom stereocenters. The largest absolute Gasteiger partial charge is 0.508 e. The maximum Gasteiger partial charge on any atom is 0.122 e. The van der Waals surface area contributed by atoms with Gasteiger partial charge in [0.2, 0.25) is 0 Å². The smallest absolute Gasteiger partial charge is 0.122 e. The Bertz CT molecular complexity index is 650. The van der Waals surface area contributed by atoms with Crippen LogP contribution in [-0.2, 0) is 12.8 Å². The van der Waals surface area contributed by atoms with Crippen LogP contribution in [0.4, 0.5) is 0 Å². The van der Waals surface area contributed by atoms with Crippen molar-refractivity contribution in [2.75, 3.05) is 0 Å². The molecule has 0 aliphatic rings. The Balaban J connectivity index is 1.76. The summed E-state index contributed by atoms with van der Waals surface area (Å²) >= 11 is 0. The Kier molecular flexibility index (Phi) is 9.83. The molecule has 0 aliphatic carbocycles. The van der Waals surface area contributed by atoms with E-state index in [1.54, 1.807) is 6.07 Å². The summed E-state index contributed by atoms with van der Waals surface area (Å²) in [5.41, 5.74) is 2.23. The SMILES string of the molecule is CCCCCCCCCCc1ccccc1OC(C)Cc1ccccc1O. The predicted molar refractivity (Wildman–Crippen MR) is 115 cm³/mol. The first-order valence-electron chi connectivity index (χ1n) is 10.7. The van der Waals surface area contributed by atoms with Crippen molar-refractivity contribution < 1.29 is 9.84 Å². The van der Waals surface area contributed by atoms with Gasteiger partial charge in [0.15, 0.2) is 0 Å². The Morgan fingerprint density at radius 1 is 0.778 bits per heavy atom. The first-order valence-corrected chi connectivity index (χ1v) is 10.7. The van der Waals surface area contributed by atoms with E-state index in [-0.39, 0.29) is 6.10 Å². The fourth-order valence-corrected chi connectivity index (χ4v) is 3.53. The van der Waals surface area contributed by atoms with E-state index >= 15 is 0 Å². The molecule has 0 aromatic heterocycles. The molecule has 2 rings (SSSR count). The summed E-state index contributed by atoms with van der Waals surface area (Å²) in [6, 6.07) is 15.9. The molecule has 0 fully saturated rings. The number of phenolic OH excluding ortho intramolecular Hbond substituents is 1. The first-order chi connectivity index (χ1) is 13.2. The van der Waals surface area contributed by atoms with E-state index in [4.69, 9.17) is 4.74 Å². The first kappa shape index (κ1) is 21.3. The number of benzene rings is 2. The van der Waals surface area contributed by atoms with Crippen molar-refractivity contribution >= 4 is 0 Å². The Morgan fingerprint density at radius 2 is 1.37 bits per heavy atom. The molecule has 2 aromatic carbocycles. The van der Waals surface area contributed by atoms with Gasteiger partial charge in [0.05, 0.1) is 0 Å². The van der Waals surface area contributed by atoms with Gasteiger partial charge < -0.3 is 9.84 Å². The number of unbranched alkanes of at least 4 members (excludes halogenated alkanes) is 7. The highest BCUT2D eigenvalue weighted by atomic mass is 16.5. The van der Waals surface area contributed by atoms with E-state index in [0.29, 0.717) is 12.2 Å². The van der Waals surface area contributed by atoms with Crippen LogP contribution in [0.2, 0.25) is 0 Å². The summed E-state index contributed by atoms with van der Waals surface area (Å²) in [5, 5.41) is 9.96. The number of aromatic hydroxyl groups is 1. The van der Waals surface area contributed by atoms with Gasteiger partial charge in [0, 0.05) is 6.42 Å². The quantitative estimate of drug-likeness (QED) is 0.383. The van der Waals surface area contributed by atoms with Crippen molar-refractivity contribution in [2.45, 2.75) is 84.2 Å². The summed E-state index contributed by atoms with van der Waals surface area (Å²) in [6.45, 7) is 4.34. The van der Waals surface area contributed by atoms with Crippen molar-refractivity contribution in [2.24, 2.45) is 0 Å². The lowest BCUT2D eigenvalue weighted by molar-refractivity contribution is 0.218. The van der Waals surface area contributed by atoms with Crippen LogP contribution < -0.4 is 4.74 Å². The molecule has 0 radical (unpaired) electrons. The molecular formula is C25H36O2. The van der Waals surface area contributed by atoms with Gasteiger partial charge in [-0.15, -0.1) is 0 Å². The number of aryl methyl sites for hydroxylation is 1. The lowest BCUT2D eigenvalue weighted by Gasteiger charge is -2.18. The van der Waals surface area contributed by atoms with Crippen LogP contribution in [-0.4, -0.2) is 11.2 Å². The third-order valence-electron chi connectivity index (χ3n) is 5.10. The standard InChI is InChI=1S/C25H36O2/c1-3-4-5-6-7-8-9-10-15-22-16-12-14-19-25(22)27-21(2)20-23-17-11-13-18-24(23)26/h11-14,16-19,21,26H,3-10,15,20H2,1-2H3. The molecule has 148 valence electrons. The molecule has 0 saturated carbocycles. The average molecular weight is 369 g/mol. The van der Waals surface area contributed by atoms with Crippen LogP contribution in [0.3, 0.4) is 0 Å². The summed E-state index contributed by atoms with van der Waals surface area (Å²) in [7, 11) is 0. The van der Waals surface area contributed by atoms with Crippen molar-refractivity contribution in [1.29, 1.82) is 0 Å². The van der Waals surface area contributed by atoms with E-state index in [1.165, 1.54) is 56.9 Å². The van der Waals surface area contributed by atoms with Gasteiger partial charge in [-0.05, 0) is 43.0 Å². The highest BCUT2D eigenvalue weighted by molar-refractivity contribution is 5.35. The van der Waals surface area contributed by atoms with Crippen molar-refractivity contribution in [3.05, 3.63) is 59.7 Å². The van der Waals surface area contributed by atoms with E-state index in [0.717, 1.165) is 17.7 Å². The minimum atomic E-state index is 0.0259. The number of hydrogen-bond acceptors (Lipinski definition) is 2. The molecule has 2 aromatic rings. The highest BCUT2D eigenvalue weighted by Gasteiger charge is 2.11. The minimum absolute atomic E-state index is 0.0259. The van der Waals surface area contributed by atoms with Crippen LogP contribution in [0.5, 0.6) is 11.5 Å². The van der Waals surface area contributed by atoms with E-state index in [9.17, 15) is 5.11 Å². The predicted octanol–water partition coefficient (Wildman–Crippen LogP) is 7.09. The van der Waals surface area contributed by atoms with Crippen LogP contribution in [0.15, 0.2) is 48.5 Å². The maximum absolute atomic E-state index is 9.96. The highest BCUT2D eigenvalue weighted by Crippen LogP contribution is 2.24. The summed E-state index contributed by atoms with van der Waals surface area (Å²) in [5.74, 6) is 1.34. The Labute approximate surface area is 165 Å². The molecule has 2 heteroatoms. The Morgan fingerprint density at radius 3 is 2.07 bits per heavy atom. The molecule has 2 nitrogen and oxygen atoms in total. The third-order valence-corrected chi connectivity index (χ3v) is 5.10. The zero-order chi connectivity index (χ0) is 19.3. The second kappa shape index (κ2) is 12.4. The number of para-hydroxylation sites is 2. The number of hydrogen-bond donors (Lipinski definition) is 1. The fraction of sp³-hybridized carbons (Fsp3) is 0.520. The third kappa shape index (κ3) is 8.07. The molecule has 0 heterocycles. The molecule has 0 saturated heterocycles. The topological polar surface area (TPSA) is 29.5 Å². The van der Waals surface area contributed by atoms with Gasteiger partial charge in [-0.2, -0.15) is 0 Å². The van der Waals surface area contributed by atoms with Gasteiger partial charge in [-0.25, -0.2) is 0 Å².